The molecule has 10 heteroatoms. The summed E-state index contributed by atoms with van der Waals surface area (Å²) in [7, 11) is 0. The molecule has 4 rings (SSSR count). The van der Waals surface area contributed by atoms with E-state index in [0.29, 0.717) is 30.2 Å². The lowest BCUT2D eigenvalue weighted by atomic mass is 10.2. The standard InChI is InChI=1S/C21H22N6O4/c1-15(31-21(29)16-2-6-19(7-3-16)27-14-22-24-25-27)20(28)23-17-4-8-18(9-5-17)26-10-12-30-13-11-26/h2-9,14-15H,10-13H2,1H3,(H,23,28)/t15-/m1/s1. The van der Waals surface area contributed by atoms with Crippen LogP contribution in [-0.4, -0.2) is 64.5 Å². The van der Waals surface area contributed by atoms with Gasteiger partial charge in [-0.05, 0) is 65.9 Å². The highest BCUT2D eigenvalue weighted by molar-refractivity contribution is 5.97. The number of carbonyl (C=O) groups is 2. The van der Waals surface area contributed by atoms with Crippen molar-refractivity contribution < 1.29 is 19.1 Å². The molecular weight excluding hydrogens is 400 g/mol. The van der Waals surface area contributed by atoms with Gasteiger partial charge >= 0.3 is 5.97 Å². The maximum atomic E-state index is 12.4. The molecule has 160 valence electrons. The molecule has 1 aliphatic heterocycles. The smallest absolute Gasteiger partial charge is 0.338 e. The molecule has 0 aliphatic carbocycles. The van der Waals surface area contributed by atoms with Crippen molar-refractivity contribution in [1.29, 1.82) is 0 Å². The largest absolute Gasteiger partial charge is 0.449 e. The first-order chi connectivity index (χ1) is 15.1. The first-order valence-corrected chi connectivity index (χ1v) is 9.88. The van der Waals surface area contributed by atoms with E-state index in [1.807, 2.05) is 24.3 Å². The highest BCUT2D eigenvalue weighted by atomic mass is 16.5. The van der Waals surface area contributed by atoms with Crippen LogP contribution in [0.2, 0.25) is 0 Å². The second-order valence-corrected chi connectivity index (χ2v) is 6.98. The number of nitrogens with zero attached hydrogens (tertiary/aromatic N) is 5. The Morgan fingerprint density at radius 3 is 2.35 bits per heavy atom. The number of benzene rings is 2. The fraction of sp³-hybridized carbons (Fsp3) is 0.286. The van der Waals surface area contributed by atoms with E-state index in [2.05, 4.69) is 25.7 Å². The second kappa shape index (κ2) is 9.35. The third-order valence-corrected chi connectivity index (χ3v) is 4.88. The zero-order chi connectivity index (χ0) is 21.6. The Bertz CT molecular complexity index is 1020. The van der Waals surface area contributed by atoms with Crippen molar-refractivity contribution in [3.05, 3.63) is 60.4 Å². The predicted octanol–water partition coefficient (Wildman–Crippen LogP) is 1.68. The van der Waals surface area contributed by atoms with Crippen LogP contribution in [0.5, 0.6) is 0 Å². The van der Waals surface area contributed by atoms with Gasteiger partial charge in [-0.15, -0.1) is 5.10 Å². The van der Waals surface area contributed by atoms with Crippen LogP contribution in [0.25, 0.3) is 5.69 Å². The van der Waals surface area contributed by atoms with Crippen LogP contribution < -0.4 is 10.2 Å². The normalized spacial score (nSPS) is 14.7. The molecule has 0 unspecified atom stereocenters. The Morgan fingerprint density at radius 2 is 1.71 bits per heavy atom. The van der Waals surface area contributed by atoms with Gasteiger partial charge in [0.1, 0.15) is 6.33 Å². The number of morpholine rings is 1. The summed E-state index contributed by atoms with van der Waals surface area (Å²) >= 11 is 0. The summed E-state index contributed by atoms with van der Waals surface area (Å²) in [4.78, 5) is 27.0. The number of tetrazole rings is 1. The summed E-state index contributed by atoms with van der Waals surface area (Å²) in [6.07, 6.45) is 0.498. The first kappa shape index (κ1) is 20.5. The fourth-order valence-corrected chi connectivity index (χ4v) is 3.13. The Labute approximate surface area is 178 Å². The lowest BCUT2D eigenvalue weighted by molar-refractivity contribution is -0.123. The van der Waals surface area contributed by atoms with Crippen molar-refractivity contribution in [2.75, 3.05) is 36.5 Å². The highest BCUT2D eigenvalue weighted by Crippen LogP contribution is 2.19. The van der Waals surface area contributed by atoms with Gasteiger partial charge < -0.3 is 19.7 Å². The Balaban J connectivity index is 1.31. The first-order valence-electron chi connectivity index (χ1n) is 9.88. The Morgan fingerprint density at radius 1 is 1.03 bits per heavy atom. The van der Waals surface area contributed by atoms with Crippen LogP contribution in [-0.2, 0) is 14.3 Å². The van der Waals surface area contributed by atoms with Gasteiger partial charge in [0.15, 0.2) is 6.10 Å². The quantitative estimate of drug-likeness (QED) is 0.598. The summed E-state index contributed by atoms with van der Waals surface area (Å²) in [5, 5.41) is 13.7. The molecule has 1 saturated heterocycles. The number of amides is 1. The number of rotatable bonds is 6. The minimum Gasteiger partial charge on any atom is -0.449 e. The summed E-state index contributed by atoms with van der Waals surface area (Å²) in [6, 6.07) is 14.1. The fourth-order valence-electron chi connectivity index (χ4n) is 3.13. The van der Waals surface area contributed by atoms with Crippen molar-refractivity contribution >= 4 is 23.3 Å². The van der Waals surface area contributed by atoms with Gasteiger partial charge in [-0.2, -0.15) is 0 Å². The molecule has 1 amide bonds. The molecule has 0 spiro atoms. The van der Waals surface area contributed by atoms with Crippen molar-refractivity contribution in [3.8, 4) is 5.69 Å². The summed E-state index contributed by atoms with van der Waals surface area (Å²) in [6.45, 7) is 4.64. The van der Waals surface area contributed by atoms with Gasteiger partial charge in [0.25, 0.3) is 5.91 Å². The molecule has 0 radical (unpaired) electrons. The highest BCUT2D eigenvalue weighted by Gasteiger charge is 2.19. The van der Waals surface area contributed by atoms with Crippen LogP contribution in [0.15, 0.2) is 54.9 Å². The van der Waals surface area contributed by atoms with Crippen molar-refractivity contribution in [3.63, 3.8) is 0 Å². The van der Waals surface area contributed by atoms with Crippen molar-refractivity contribution in [1.82, 2.24) is 20.2 Å². The Kier molecular flexibility index (Phi) is 6.18. The summed E-state index contributed by atoms with van der Waals surface area (Å²) in [5.41, 5.74) is 2.74. The van der Waals surface area contributed by atoms with Crippen LogP contribution >= 0.6 is 0 Å². The van der Waals surface area contributed by atoms with E-state index in [4.69, 9.17) is 9.47 Å². The molecule has 0 saturated carbocycles. The predicted molar refractivity (Wildman–Crippen MR) is 112 cm³/mol. The van der Waals surface area contributed by atoms with Crippen LogP contribution in [0.4, 0.5) is 11.4 Å². The molecule has 2 heterocycles. The maximum Gasteiger partial charge on any atom is 0.338 e. The number of anilines is 2. The van der Waals surface area contributed by atoms with Crippen LogP contribution in [0, 0.1) is 0 Å². The number of carbonyl (C=O) groups excluding carboxylic acids is 2. The van der Waals surface area contributed by atoms with E-state index in [1.165, 1.54) is 17.9 Å². The van der Waals surface area contributed by atoms with E-state index >= 15 is 0 Å². The van der Waals surface area contributed by atoms with E-state index in [1.54, 1.807) is 24.3 Å². The SMILES string of the molecule is C[C@@H](OC(=O)c1ccc(-n2cnnn2)cc1)C(=O)Nc1ccc(N2CCOCC2)cc1. The van der Waals surface area contributed by atoms with E-state index < -0.39 is 18.0 Å². The molecule has 2 aromatic carbocycles. The Hall–Kier alpha value is -3.79. The van der Waals surface area contributed by atoms with Crippen LogP contribution in [0.1, 0.15) is 17.3 Å². The van der Waals surface area contributed by atoms with Crippen LogP contribution in [0.3, 0.4) is 0 Å². The average molecular weight is 422 g/mol. The topological polar surface area (TPSA) is 111 Å². The molecule has 1 aromatic heterocycles. The van der Waals surface area contributed by atoms with E-state index in [-0.39, 0.29) is 0 Å². The van der Waals surface area contributed by atoms with Gasteiger partial charge in [0.2, 0.25) is 0 Å². The minimum atomic E-state index is -0.953. The number of esters is 1. The number of nitrogens with one attached hydrogen (secondary N) is 1. The van der Waals surface area contributed by atoms with E-state index in [0.717, 1.165) is 18.8 Å². The van der Waals surface area contributed by atoms with Gasteiger partial charge in [0, 0.05) is 24.5 Å². The van der Waals surface area contributed by atoms with Gasteiger partial charge in [-0.3, -0.25) is 4.79 Å². The zero-order valence-corrected chi connectivity index (χ0v) is 17.0. The van der Waals surface area contributed by atoms with Crippen molar-refractivity contribution in [2.24, 2.45) is 0 Å². The third kappa shape index (κ3) is 5.04. The molecule has 10 nitrogen and oxygen atoms in total. The number of ether oxygens (including phenoxy) is 2. The lowest BCUT2D eigenvalue weighted by Crippen LogP contribution is -2.36. The summed E-state index contributed by atoms with van der Waals surface area (Å²) < 4.78 is 12.1. The molecule has 1 fully saturated rings. The molecule has 3 aromatic rings. The molecule has 1 aliphatic rings. The zero-order valence-electron chi connectivity index (χ0n) is 17.0. The molecular formula is C21H22N6O4. The average Bonchev–Trinajstić information content (AvgIpc) is 3.35. The number of aromatic nitrogens is 4. The minimum absolute atomic E-state index is 0.325. The lowest BCUT2D eigenvalue weighted by Gasteiger charge is -2.28. The molecule has 31 heavy (non-hydrogen) atoms. The number of hydrogen-bond donors (Lipinski definition) is 1. The number of hydrogen-bond acceptors (Lipinski definition) is 8. The van der Waals surface area contributed by atoms with Gasteiger partial charge in [-0.25, -0.2) is 9.48 Å². The molecule has 1 N–H and O–H groups in total. The summed E-state index contributed by atoms with van der Waals surface area (Å²) in [5.74, 6) is -0.994. The van der Waals surface area contributed by atoms with Crippen molar-refractivity contribution in [2.45, 2.75) is 13.0 Å². The van der Waals surface area contributed by atoms with Gasteiger partial charge in [-0.1, -0.05) is 0 Å². The third-order valence-electron chi connectivity index (χ3n) is 4.88. The van der Waals surface area contributed by atoms with Gasteiger partial charge in [0.05, 0.1) is 24.5 Å². The monoisotopic (exact) mass is 422 g/mol. The maximum absolute atomic E-state index is 12.4. The molecule has 0 bridgehead atoms. The second-order valence-electron chi connectivity index (χ2n) is 6.98. The van der Waals surface area contributed by atoms with E-state index in [9.17, 15) is 9.59 Å². The molecule has 1 atom stereocenters.